The lowest BCUT2D eigenvalue weighted by atomic mass is 9.98. The number of aromatic nitrogens is 1. The molecular weight excluding hydrogens is 312 g/mol. The summed E-state index contributed by atoms with van der Waals surface area (Å²) in [5.74, 6) is 1.79. The molecule has 0 saturated heterocycles. The van der Waals surface area contributed by atoms with Crippen LogP contribution >= 0.6 is 0 Å². The molecule has 3 aromatic rings. The average molecular weight is 338 g/mol. The minimum Gasteiger partial charge on any atom is -0.497 e. The van der Waals surface area contributed by atoms with Crippen molar-refractivity contribution in [2.24, 2.45) is 5.73 Å². The molecule has 1 aromatic heterocycles. The maximum atomic E-state index is 5.69. The van der Waals surface area contributed by atoms with Crippen LogP contribution in [0.2, 0.25) is 0 Å². The number of aromatic amines is 1. The second kappa shape index (κ2) is 7.62. The Morgan fingerprint density at radius 1 is 1.04 bits per heavy atom. The highest BCUT2D eigenvalue weighted by Gasteiger charge is 2.17. The Hall–Kier alpha value is -2.46. The highest BCUT2D eigenvalue weighted by atomic mass is 16.5. The number of hydrogen-bond donors (Lipinski definition) is 2. The summed E-state index contributed by atoms with van der Waals surface area (Å²) in [4.78, 5) is 3.59. The minimum absolute atomic E-state index is 0.717. The van der Waals surface area contributed by atoms with Gasteiger partial charge < -0.3 is 20.2 Å². The van der Waals surface area contributed by atoms with Gasteiger partial charge in [0, 0.05) is 16.5 Å². The molecule has 0 aliphatic carbocycles. The number of H-pyrrole nitrogens is 1. The van der Waals surface area contributed by atoms with Crippen molar-refractivity contribution in [1.82, 2.24) is 4.98 Å². The molecule has 0 amide bonds. The van der Waals surface area contributed by atoms with Gasteiger partial charge in [0.1, 0.15) is 11.5 Å². The standard InChI is InChI=1S/C21H26N2O2/c1-14-7-6-9-17(21(14)25-3)20-16(8-4-5-12-22)18-13-15(24-2)10-11-19(18)23-20/h6-7,9-11,13,23H,4-5,8,12,22H2,1-3H3. The summed E-state index contributed by atoms with van der Waals surface area (Å²) in [5.41, 5.74) is 11.5. The zero-order valence-corrected chi connectivity index (χ0v) is 15.2. The van der Waals surface area contributed by atoms with E-state index >= 15 is 0 Å². The van der Waals surface area contributed by atoms with E-state index in [1.807, 2.05) is 6.07 Å². The van der Waals surface area contributed by atoms with Crippen LogP contribution in [0.25, 0.3) is 22.2 Å². The Morgan fingerprint density at radius 3 is 2.60 bits per heavy atom. The smallest absolute Gasteiger partial charge is 0.131 e. The van der Waals surface area contributed by atoms with Gasteiger partial charge in [-0.05, 0) is 68.1 Å². The molecule has 0 bridgehead atoms. The maximum absolute atomic E-state index is 5.69. The van der Waals surface area contributed by atoms with Crippen molar-refractivity contribution < 1.29 is 9.47 Å². The number of ether oxygens (including phenoxy) is 2. The van der Waals surface area contributed by atoms with E-state index in [1.54, 1.807) is 14.2 Å². The number of hydrogen-bond acceptors (Lipinski definition) is 3. The molecule has 0 radical (unpaired) electrons. The molecule has 25 heavy (non-hydrogen) atoms. The highest BCUT2D eigenvalue weighted by molar-refractivity contribution is 5.93. The van der Waals surface area contributed by atoms with Crippen molar-refractivity contribution in [1.29, 1.82) is 0 Å². The Morgan fingerprint density at radius 2 is 1.88 bits per heavy atom. The molecule has 0 unspecified atom stereocenters. The first kappa shape index (κ1) is 17.4. The predicted octanol–water partition coefficient (Wildman–Crippen LogP) is 4.44. The number of methoxy groups -OCH3 is 2. The SMILES string of the molecule is COc1ccc2[nH]c(-c3cccc(C)c3OC)c(CCCCN)c2c1. The molecule has 0 spiro atoms. The first-order valence-corrected chi connectivity index (χ1v) is 8.72. The van der Waals surface area contributed by atoms with Gasteiger partial charge >= 0.3 is 0 Å². The topological polar surface area (TPSA) is 60.3 Å². The lowest BCUT2D eigenvalue weighted by molar-refractivity contribution is 0.413. The van der Waals surface area contributed by atoms with Gasteiger partial charge in [0.25, 0.3) is 0 Å². The van der Waals surface area contributed by atoms with Gasteiger partial charge in [-0.15, -0.1) is 0 Å². The zero-order valence-electron chi connectivity index (χ0n) is 15.2. The van der Waals surface area contributed by atoms with Crippen LogP contribution in [0.3, 0.4) is 0 Å². The van der Waals surface area contributed by atoms with E-state index < -0.39 is 0 Å². The van der Waals surface area contributed by atoms with E-state index in [-0.39, 0.29) is 0 Å². The normalized spacial score (nSPS) is 11.0. The fourth-order valence-corrected chi connectivity index (χ4v) is 3.41. The number of rotatable bonds is 7. The fourth-order valence-electron chi connectivity index (χ4n) is 3.41. The monoisotopic (exact) mass is 338 g/mol. The van der Waals surface area contributed by atoms with Gasteiger partial charge in [0.2, 0.25) is 0 Å². The molecule has 0 aliphatic rings. The average Bonchev–Trinajstić information content (AvgIpc) is 2.99. The van der Waals surface area contributed by atoms with Crippen molar-refractivity contribution in [3.63, 3.8) is 0 Å². The Kier molecular flexibility index (Phi) is 5.29. The molecule has 4 nitrogen and oxygen atoms in total. The highest BCUT2D eigenvalue weighted by Crippen LogP contribution is 2.39. The fraction of sp³-hybridized carbons (Fsp3) is 0.333. The zero-order chi connectivity index (χ0) is 17.8. The van der Waals surface area contributed by atoms with Gasteiger partial charge in [0.15, 0.2) is 0 Å². The quantitative estimate of drug-likeness (QED) is 0.626. The third kappa shape index (κ3) is 3.35. The molecule has 1 heterocycles. The van der Waals surface area contributed by atoms with Gasteiger partial charge in [-0.2, -0.15) is 0 Å². The van der Waals surface area contributed by atoms with E-state index in [0.29, 0.717) is 0 Å². The summed E-state index contributed by atoms with van der Waals surface area (Å²) in [6.07, 6.45) is 3.04. The molecular formula is C21H26N2O2. The molecule has 132 valence electrons. The van der Waals surface area contributed by atoms with Crippen LogP contribution in [0.1, 0.15) is 24.0 Å². The largest absolute Gasteiger partial charge is 0.497 e. The lowest BCUT2D eigenvalue weighted by Gasteiger charge is -2.12. The van der Waals surface area contributed by atoms with Crippen LogP contribution in [-0.4, -0.2) is 25.7 Å². The van der Waals surface area contributed by atoms with Crippen molar-refractivity contribution in [3.8, 4) is 22.8 Å². The molecule has 0 aliphatic heterocycles. The molecule has 0 fully saturated rings. The van der Waals surface area contributed by atoms with E-state index in [4.69, 9.17) is 15.2 Å². The third-order valence-electron chi connectivity index (χ3n) is 4.68. The van der Waals surface area contributed by atoms with Crippen LogP contribution in [0, 0.1) is 6.92 Å². The van der Waals surface area contributed by atoms with E-state index in [9.17, 15) is 0 Å². The van der Waals surface area contributed by atoms with Crippen LogP contribution in [-0.2, 0) is 6.42 Å². The molecule has 4 heteroatoms. The second-order valence-corrected chi connectivity index (χ2v) is 6.29. The first-order chi connectivity index (χ1) is 12.2. The summed E-state index contributed by atoms with van der Waals surface area (Å²) in [5, 5.41) is 1.20. The van der Waals surface area contributed by atoms with E-state index in [2.05, 4.69) is 42.2 Å². The van der Waals surface area contributed by atoms with Crippen LogP contribution in [0.4, 0.5) is 0 Å². The van der Waals surface area contributed by atoms with Crippen LogP contribution in [0.5, 0.6) is 11.5 Å². The maximum Gasteiger partial charge on any atom is 0.131 e. The summed E-state index contributed by atoms with van der Waals surface area (Å²) in [6, 6.07) is 12.4. The van der Waals surface area contributed by atoms with Gasteiger partial charge in [-0.1, -0.05) is 12.1 Å². The Bertz CT molecular complexity index is 868. The number of fused-ring (bicyclic) bond motifs is 1. The summed E-state index contributed by atoms with van der Waals surface area (Å²) in [7, 11) is 3.43. The molecule has 0 saturated carbocycles. The Balaban J connectivity index is 2.19. The number of unbranched alkanes of at least 4 members (excludes halogenated alkanes) is 1. The van der Waals surface area contributed by atoms with Crippen LogP contribution in [0.15, 0.2) is 36.4 Å². The molecule has 2 aromatic carbocycles. The minimum atomic E-state index is 0.717. The van der Waals surface area contributed by atoms with Crippen molar-refractivity contribution in [2.45, 2.75) is 26.2 Å². The van der Waals surface area contributed by atoms with E-state index in [1.165, 1.54) is 10.9 Å². The van der Waals surface area contributed by atoms with Gasteiger partial charge in [0.05, 0.1) is 19.9 Å². The van der Waals surface area contributed by atoms with Gasteiger partial charge in [-0.25, -0.2) is 0 Å². The summed E-state index contributed by atoms with van der Waals surface area (Å²) >= 11 is 0. The lowest BCUT2D eigenvalue weighted by Crippen LogP contribution is -2.00. The first-order valence-electron chi connectivity index (χ1n) is 8.72. The van der Waals surface area contributed by atoms with Crippen LogP contribution < -0.4 is 15.2 Å². The predicted molar refractivity (Wildman–Crippen MR) is 104 cm³/mol. The Labute approximate surface area is 149 Å². The molecule has 3 rings (SSSR count). The molecule has 3 N–H and O–H groups in total. The molecule has 0 atom stereocenters. The van der Waals surface area contributed by atoms with Gasteiger partial charge in [-0.3, -0.25) is 0 Å². The van der Waals surface area contributed by atoms with Crippen molar-refractivity contribution >= 4 is 10.9 Å². The van der Waals surface area contributed by atoms with E-state index in [0.717, 1.165) is 59.6 Å². The number of benzene rings is 2. The number of nitrogens with one attached hydrogen (secondary N) is 1. The summed E-state index contributed by atoms with van der Waals surface area (Å²) in [6.45, 7) is 2.79. The number of nitrogens with two attached hydrogens (primary N) is 1. The van der Waals surface area contributed by atoms with Crippen molar-refractivity contribution in [3.05, 3.63) is 47.5 Å². The van der Waals surface area contributed by atoms with Crippen molar-refractivity contribution in [2.75, 3.05) is 20.8 Å². The second-order valence-electron chi connectivity index (χ2n) is 6.29. The summed E-state index contributed by atoms with van der Waals surface area (Å²) < 4.78 is 11.1. The number of aryl methyl sites for hydroxylation is 2. The number of para-hydroxylation sites is 1. The third-order valence-corrected chi connectivity index (χ3v) is 4.68.